The standard InChI is InChI=1S/C17H19NO3S/c1-4-12-8-9-22-15(12)16(19)18-14(17(20)21)13-7-5-6-10(2)11(13)3/h5-9,14H,4H2,1-3H3,(H,18,19)(H,20,21). The van der Waals surface area contributed by atoms with Gasteiger partial charge in [-0.15, -0.1) is 11.3 Å². The van der Waals surface area contributed by atoms with Crippen LogP contribution in [0.15, 0.2) is 29.6 Å². The van der Waals surface area contributed by atoms with Crippen molar-refractivity contribution in [1.82, 2.24) is 5.32 Å². The number of carbonyl (C=O) groups is 2. The molecule has 0 saturated carbocycles. The number of nitrogens with one attached hydrogen (secondary N) is 1. The summed E-state index contributed by atoms with van der Waals surface area (Å²) in [5.41, 5.74) is 3.45. The van der Waals surface area contributed by atoms with Crippen LogP contribution < -0.4 is 5.32 Å². The second-order valence-electron chi connectivity index (χ2n) is 5.16. The highest BCUT2D eigenvalue weighted by Gasteiger charge is 2.25. The molecule has 4 nitrogen and oxygen atoms in total. The molecule has 22 heavy (non-hydrogen) atoms. The van der Waals surface area contributed by atoms with Gasteiger partial charge in [-0.3, -0.25) is 4.79 Å². The van der Waals surface area contributed by atoms with Crippen molar-refractivity contribution in [3.8, 4) is 0 Å². The van der Waals surface area contributed by atoms with Gasteiger partial charge in [-0.1, -0.05) is 25.1 Å². The fourth-order valence-electron chi connectivity index (χ4n) is 2.37. The van der Waals surface area contributed by atoms with E-state index in [1.165, 1.54) is 11.3 Å². The molecule has 1 heterocycles. The number of thiophene rings is 1. The van der Waals surface area contributed by atoms with E-state index >= 15 is 0 Å². The fourth-order valence-corrected chi connectivity index (χ4v) is 3.27. The molecular weight excluding hydrogens is 298 g/mol. The Balaban J connectivity index is 2.32. The van der Waals surface area contributed by atoms with Crippen LogP contribution in [-0.2, 0) is 11.2 Å². The normalized spacial score (nSPS) is 12.0. The van der Waals surface area contributed by atoms with Crippen LogP contribution in [0.5, 0.6) is 0 Å². The molecule has 0 saturated heterocycles. The molecule has 0 aliphatic rings. The summed E-state index contributed by atoms with van der Waals surface area (Å²) in [6.07, 6.45) is 0.744. The van der Waals surface area contributed by atoms with Crippen LogP contribution in [0.25, 0.3) is 0 Å². The number of amides is 1. The second-order valence-corrected chi connectivity index (χ2v) is 6.08. The van der Waals surface area contributed by atoms with Crippen molar-refractivity contribution in [3.05, 3.63) is 56.8 Å². The van der Waals surface area contributed by atoms with Crippen molar-refractivity contribution in [2.45, 2.75) is 33.2 Å². The number of rotatable bonds is 5. The third-order valence-electron chi connectivity index (χ3n) is 3.81. The van der Waals surface area contributed by atoms with Gasteiger partial charge in [0.25, 0.3) is 5.91 Å². The van der Waals surface area contributed by atoms with E-state index in [4.69, 9.17) is 0 Å². The lowest BCUT2D eigenvalue weighted by Gasteiger charge is -2.18. The maximum absolute atomic E-state index is 12.4. The van der Waals surface area contributed by atoms with Crippen molar-refractivity contribution in [3.63, 3.8) is 0 Å². The van der Waals surface area contributed by atoms with Gasteiger partial charge < -0.3 is 10.4 Å². The Morgan fingerprint density at radius 2 is 2.00 bits per heavy atom. The monoisotopic (exact) mass is 317 g/mol. The van der Waals surface area contributed by atoms with Gasteiger partial charge in [0.2, 0.25) is 0 Å². The molecule has 0 bridgehead atoms. The smallest absolute Gasteiger partial charge is 0.330 e. The average Bonchev–Trinajstić information content (AvgIpc) is 2.96. The molecule has 0 radical (unpaired) electrons. The van der Waals surface area contributed by atoms with Gasteiger partial charge in [0.1, 0.15) is 0 Å². The summed E-state index contributed by atoms with van der Waals surface area (Å²) < 4.78 is 0. The van der Waals surface area contributed by atoms with E-state index in [0.717, 1.165) is 23.1 Å². The van der Waals surface area contributed by atoms with Gasteiger partial charge in [0.05, 0.1) is 4.88 Å². The number of carboxylic acids is 1. The number of carboxylic acid groups (broad SMARTS) is 1. The first-order chi connectivity index (χ1) is 10.5. The molecule has 116 valence electrons. The lowest BCUT2D eigenvalue weighted by molar-refractivity contribution is -0.139. The number of hydrogen-bond acceptors (Lipinski definition) is 3. The zero-order valence-corrected chi connectivity index (χ0v) is 13.7. The van der Waals surface area contributed by atoms with Crippen molar-refractivity contribution in [2.24, 2.45) is 0 Å². The molecule has 2 N–H and O–H groups in total. The molecule has 1 aromatic heterocycles. The average molecular weight is 317 g/mol. The first-order valence-corrected chi connectivity index (χ1v) is 7.99. The van der Waals surface area contributed by atoms with Crippen molar-refractivity contribution in [2.75, 3.05) is 0 Å². The number of carbonyl (C=O) groups excluding carboxylic acids is 1. The molecule has 0 aliphatic heterocycles. The molecule has 0 fully saturated rings. The molecule has 0 aliphatic carbocycles. The first-order valence-electron chi connectivity index (χ1n) is 7.11. The third kappa shape index (κ3) is 3.20. The Labute approximate surface area is 133 Å². The molecular formula is C17H19NO3S. The molecule has 1 amide bonds. The van der Waals surface area contributed by atoms with Crippen LogP contribution in [0.4, 0.5) is 0 Å². The van der Waals surface area contributed by atoms with E-state index in [0.29, 0.717) is 10.4 Å². The van der Waals surface area contributed by atoms with E-state index < -0.39 is 12.0 Å². The molecule has 2 rings (SSSR count). The maximum atomic E-state index is 12.4. The lowest BCUT2D eigenvalue weighted by atomic mass is 9.97. The van der Waals surface area contributed by atoms with E-state index in [2.05, 4.69) is 5.32 Å². The summed E-state index contributed by atoms with van der Waals surface area (Å²) >= 11 is 1.33. The van der Waals surface area contributed by atoms with Gasteiger partial charge in [-0.05, 0) is 54.0 Å². The number of hydrogen-bond donors (Lipinski definition) is 2. The minimum atomic E-state index is -1.06. The predicted molar refractivity (Wildman–Crippen MR) is 87.5 cm³/mol. The lowest BCUT2D eigenvalue weighted by Crippen LogP contribution is -2.34. The third-order valence-corrected chi connectivity index (χ3v) is 4.77. The molecule has 1 aromatic carbocycles. The quantitative estimate of drug-likeness (QED) is 0.887. The molecule has 5 heteroatoms. The van der Waals surface area contributed by atoms with Crippen LogP contribution >= 0.6 is 11.3 Å². The molecule has 1 atom stereocenters. The first kappa shape index (κ1) is 16.2. The Morgan fingerprint density at radius 3 is 2.64 bits per heavy atom. The predicted octanol–water partition coefficient (Wildman–Crippen LogP) is 3.48. The Kier molecular flexibility index (Phi) is 4.98. The highest BCUT2D eigenvalue weighted by Crippen LogP contribution is 2.23. The van der Waals surface area contributed by atoms with Crippen molar-refractivity contribution >= 4 is 23.2 Å². The summed E-state index contributed by atoms with van der Waals surface area (Å²) in [5, 5.41) is 14.0. The van der Waals surface area contributed by atoms with Gasteiger partial charge in [0.15, 0.2) is 6.04 Å². The maximum Gasteiger partial charge on any atom is 0.330 e. The van der Waals surface area contributed by atoms with E-state index in [9.17, 15) is 14.7 Å². The summed E-state index contributed by atoms with van der Waals surface area (Å²) in [7, 11) is 0. The van der Waals surface area contributed by atoms with Gasteiger partial charge in [0, 0.05) is 0 Å². The Bertz CT molecular complexity index is 706. The summed E-state index contributed by atoms with van der Waals surface area (Å²) in [6, 6.07) is 6.33. The van der Waals surface area contributed by atoms with Crippen molar-refractivity contribution in [1.29, 1.82) is 0 Å². The summed E-state index contributed by atoms with van der Waals surface area (Å²) in [6.45, 7) is 5.77. The largest absolute Gasteiger partial charge is 0.479 e. The molecule has 2 aromatic rings. The summed E-state index contributed by atoms with van der Waals surface area (Å²) in [5.74, 6) is -1.39. The minimum absolute atomic E-state index is 0.333. The van der Waals surface area contributed by atoms with Crippen LogP contribution in [-0.4, -0.2) is 17.0 Å². The van der Waals surface area contributed by atoms with Crippen LogP contribution in [0.1, 0.15) is 44.9 Å². The SMILES string of the molecule is CCc1ccsc1C(=O)NC(C(=O)O)c1cccc(C)c1C. The number of aryl methyl sites for hydroxylation is 2. The van der Waals surface area contributed by atoms with Gasteiger partial charge in [-0.25, -0.2) is 4.79 Å². The van der Waals surface area contributed by atoms with Crippen LogP contribution in [0, 0.1) is 13.8 Å². The number of aliphatic carboxylic acids is 1. The zero-order chi connectivity index (χ0) is 16.3. The van der Waals surface area contributed by atoms with Gasteiger partial charge in [-0.2, -0.15) is 0 Å². The highest BCUT2D eigenvalue weighted by molar-refractivity contribution is 7.12. The van der Waals surface area contributed by atoms with E-state index in [1.54, 1.807) is 6.07 Å². The zero-order valence-electron chi connectivity index (χ0n) is 12.8. The topological polar surface area (TPSA) is 66.4 Å². The highest BCUT2D eigenvalue weighted by atomic mass is 32.1. The second kappa shape index (κ2) is 6.75. The van der Waals surface area contributed by atoms with Crippen LogP contribution in [0.3, 0.4) is 0 Å². The van der Waals surface area contributed by atoms with Gasteiger partial charge >= 0.3 is 5.97 Å². The molecule has 1 unspecified atom stereocenters. The Morgan fingerprint density at radius 1 is 1.27 bits per heavy atom. The minimum Gasteiger partial charge on any atom is -0.479 e. The van der Waals surface area contributed by atoms with Crippen LogP contribution in [0.2, 0.25) is 0 Å². The van der Waals surface area contributed by atoms with E-state index in [1.807, 2.05) is 44.4 Å². The number of benzene rings is 1. The van der Waals surface area contributed by atoms with Crippen molar-refractivity contribution < 1.29 is 14.7 Å². The Hall–Kier alpha value is -2.14. The summed E-state index contributed by atoms with van der Waals surface area (Å²) in [4.78, 5) is 24.6. The fraction of sp³-hybridized carbons (Fsp3) is 0.294. The molecule has 0 spiro atoms. The van der Waals surface area contributed by atoms with E-state index in [-0.39, 0.29) is 5.91 Å².